The second kappa shape index (κ2) is 3.90. The standard InChI is InChI=1S/C11H14N2O2/c1-7-4-9(8(2)15-7)11-10(5-12-3)13-6-14-11/h4,6,12H,5H2,1-3H3. The minimum atomic E-state index is 0.690. The molecule has 0 saturated heterocycles. The largest absolute Gasteiger partial charge is 0.466 e. The highest BCUT2D eigenvalue weighted by atomic mass is 16.4. The Bertz CT molecular complexity index is 457. The van der Waals surface area contributed by atoms with E-state index < -0.39 is 0 Å². The van der Waals surface area contributed by atoms with Gasteiger partial charge in [-0.3, -0.25) is 0 Å². The van der Waals surface area contributed by atoms with E-state index in [9.17, 15) is 0 Å². The first kappa shape index (κ1) is 9.98. The minimum absolute atomic E-state index is 0.690. The van der Waals surface area contributed by atoms with Gasteiger partial charge < -0.3 is 14.2 Å². The van der Waals surface area contributed by atoms with Crippen molar-refractivity contribution < 1.29 is 8.83 Å². The van der Waals surface area contributed by atoms with E-state index in [4.69, 9.17) is 8.83 Å². The fourth-order valence-corrected chi connectivity index (χ4v) is 1.64. The third-order valence-electron chi connectivity index (χ3n) is 2.27. The summed E-state index contributed by atoms with van der Waals surface area (Å²) in [5.74, 6) is 2.54. The van der Waals surface area contributed by atoms with Gasteiger partial charge in [-0.15, -0.1) is 0 Å². The fraction of sp³-hybridized carbons (Fsp3) is 0.364. The number of furan rings is 1. The predicted octanol–water partition coefficient (Wildman–Crippen LogP) is 2.27. The van der Waals surface area contributed by atoms with Crippen LogP contribution in [-0.4, -0.2) is 12.0 Å². The molecular weight excluding hydrogens is 192 g/mol. The van der Waals surface area contributed by atoms with Crippen molar-refractivity contribution in [1.82, 2.24) is 10.3 Å². The fourth-order valence-electron chi connectivity index (χ4n) is 1.64. The Morgan fingerprint density at radius 3 is 2.80 bits per heavy atom. The number of rotatable bonds is 3. The molecule has 2 rings (SSSR count). The first-order chi connectivity index (χ1) is 7.22. The summed E-state index contributed by atoms with van der Waals surface area (Å²) in [5, 5.41) is 3.05. The molecule has 0 spiro atoms. The van der Waals surface area contributed by atoms with Crippen molar-refractivity contribution in [2.75, 3.05) is 7.05 Å². The number of aromatic nitrogens is 1. The summed E-state index contributed by atoms with van der Waals surface area (Å²) >= 11 is 0. The van der Waals surface area contributed by atoms with Crippen LogP contribution >= 0.6 is 0 Å². The van der Waals surface area contributed by atoms with E-state index in [1.165, 1.54) is 6.39 Å². The molecule has 0 aromatic carbocycles. The minimum Gasteiger partial charge on any atom is -0.466 e. The number of nitrogens with zero attached hydrogens (tertiary/aromatic N) is 1. The molecule has 0 saturated carbocycles. The lowest BCUT2D eigenvalue weighted by molar-refractivity contribution is 0.503. The summed E-state index contributed by atoms with van der Waals surface area (Å²) in [6.45, 7) is 4.54. The van der Waals surface area contributed by atoms with Gasteiger partial charge >= 0.3 is 0 Å². The van der Waals surface area contributed by atoms with Gasteiger partial charge in [0.2, 0.25) is 0 Å². The highest BCUT2D eigenvalue weighted by Gasteiger charge is 2.15. The first-order valence-electron chi connectivity index (χ1n) is 4.86. The Morgan fingerprint density at radius 2 is 2.20 bits per heavy atom. The molecule has 80 valence electrons. The SMILES string of the molecule is CNCc1ncoc1-c1cc(C)oc1C. The molecule has 2 aromatic rings. The maximum Gasteiger partial charge on any atom is 0.181 e. The number of oxazole rings is 1. The molecule has 0 bridgehead atoms. The van der Waals surface area contributed by atoms with Crippen molar-refractivity contribution in [2.24, 2.45) is 0 Å². The van der Waals surface area contributed by atoms with Crippen LogP contribution in [0.25, 0.3) is 11.3 Å². The molecule has 0 aliphatic carbocycles. The monoisotopic (exact) mass is 206 g/mol. The predicted molar refractivity (Wildman–Crippen MR) is 56.4 cm³/mol. The van der Waals surface area contributed by atoms with E-state index in [0.717, 1.165) is 28.5 Å². The summed E-state index contributed by atoms with van der Waals surface area (Å²) in [6.07, 6.45) is 1.46. The Labute approximate surface area is 88.3 Å². The van der Waals surface area contributed by atoms with Crippen molar-refractivity contribution in [2.45, 2.75) is 20.4 Å². The van der Waals surface area contributed by atoms with Gasteiger partial charge in [0.1, 0.15) is 17.2 Å². The van der Waals surface area contributed by atoms with Crippen molar-refractivity contribution in [3.8, 4) is 11.3 Å². The molecule has 0 radical (unpaired) electrons. The quantitative estimate of drug-likeness (QED) is 0.837. The molecule has 0 aliphatic heterocycles. The van der Waals surface area contributed by atoms with Gasteiger partial charge in [-0.25, -0.2) is 4.98 Å². The maximum atomic E-state index is 5.46. The second-order valence-corrected chi connectivity index (χ2v) is 3.49. The van der Waals surface area contributed by atoms with E-state index in [1.54, 1.807) is 0 Å². The van der Waals surface area contributed by atoms with Crippen LogP contribution in [0.2, 0.25) is 0 Å². The zero-order valence-electron chi connectivity index (χ0n) is 9.13. The van der Waals surface area contributed by atoms with E-state index in [-0.39, 0.29) is 0 Å². The maximum absolute atomic E-state index is 5.46. The van der Waals surface area contributed by atoms with Crippen LogP contribution in [-0.2, 0) is 6.54 Å². The average Bonchev–Trinajstić information content (AvgIpc) is 2.73. The Balaban J connectivity index is 2.44. The lowest BCUT2D eigenvalue weighted by Gasteiger charge is -1.98. The first-order valence-corrected chi connectivity index (χ1v) is 4.86. The molecule has 0 atom stereocenters. The normalized spacial score (nSPS) is 10.9. The van der Waals surface area contributed by atoms with Crippen LogP contribution in [0.1, 0.15) is 17.2 Å². The van der Waals surface area contributed by atoms with Gasteiger partial charge in [-0.2, -0.15) is 0 Å². The molecular formula is C11H14N2O2. The number of hydrogen-bond donors (Lipinski definition) is 1. The van der Waals surface area contributed by atoms with Gasteiger partial charge in [0.25, 0.3) is 0 Å². The van der Waals surface area contributed by atoms with Crippen LogP contribution < -0.4 is 5.32 Å². The van der Waals surface area contributed by atoms with Crippen molar-refractivity contribution in [3.05, 3.63) is 29.7 Å². The van der Waals surface area contributed by atoms with E-state index in [0.29, 0.717) is 6.54 Å². The van der Waals surface area contributed by atoms with Crippen molar-refractivity contribution >= 4 is 0 Å². The molecule has 15 heavy (non-hydrogen) atoms. The summed E-state index contributed by atoms with van der Waals surface area (Å²) in [5.41, 5.74) is 1.89. The zero-order chi connectivity index (χ0) is 10.8. The highest BCUT2D eigenvalue weighted by Crippen LogP contribution is 2.28. The zero-order valence-corrected chi connectivity index (χ0v) is 9.13. The third-order valence-corrected chi connectivity index (χ3v) is 2.27. The molecule has 0 unspecified atom stereocenters. The Morgan fingerprint density at radius 1 is 1.40 bits per heavy atom. The highest BCUT2D eigenvalue weighted by molar-refractivity contribution is 5.62. The summed E-state index contributed by atoms with van der Waals surface area (Å²) in [4.78, 5) is 4.16. The average molecular weight is 206 g/mol. The number of hydrogen-bond acceptors (Lipinski definition) is 4. The van der Waals surface area contributed by atoms with E-state index in [2.05, 4.69) is 10.3 Å². The number of aryl methyl sites for hydroxylation is 2. The van der Waals surface area contributed by atoms with Crippen LogP contribution in [0.15, 0.2) is 21.3 Å². The van der Waals surface area contributed by atoms with E-state index >= 15 is 0 Å². The van der Waals surface area contributed by atoms with E-state index in [1.807, 2.05) is 27.0 Å². The molecule has 1 N–H and O–H groups in total. The van der Waals surface area contributed by atoms with Crippen LogP contribution in [0.5, 0.6) is 0 Å². The molecule has 0 fully saturated rings. The Hall–Kier alpha value is -1.55. The molecule has 2 heterocycles. The molecule has 0 amide bonds. The van der Waals surface area contributed by atoms with Crippen molar-refractivity contribution in [3.63, 3.8) is 0 Å². The van der Waals surface area contributed by atoms with Crippen LogP contribution in [0.4, 0.5) is 0 Å². The molecule has 4 heteroatoms. The molecule has 0 aliphatic rings. The lowest BCUT2D eigenvalue weighted by Crippen LogP contribution is -2.06. The molecule has 2 aromatic heterocycles. The van der Waals surface area contributed by atoms with Gasteiger partial charge in [0.15, 0.2) is 12.2 Å². The second-order valence-electron chi connectivity index (χ2n) is 3.49. The van der Waals surface area contributed by atoms with Gasteiger partial charge in [0.05, 0.1) is 5.56 Å². The Kier molecular flexibility index (Phi) is 2.60. The summed E-state index contributed by atoms with van der Waals surface area (Å²) < 4.78 is 10.8. The lowest BCUT2D eigenvalue weighted by atomic mass is 10.1. The topological polar surface area (TPSA) is 51.2 Å². The smallest absolute Gasteiger partial charge is 0.181 e. The summed E-state index contributed by atoms with van der Waals surface area (Å²) in [7, 11) is 1.88. The number of nitrogens with one attached hydrogen (secondary N) is 1. The van der Waals surface area contributed by atoms with Crippen LogP contribution in [0, 0.1) is 13.8 Å². The van der Waals surface area contributed by atoms with Crippen LogP contribution in [0.3, 0.4) is 0 Å². The van der Waals surface area contributed by atoms with Gasteiger partial charge in [-0.05, 0) is 27.0 Å². The molecule has 4 nitrogen and oxygen atoms in total. The third kappa shape index (κ3) is 1.80. The van der Waals surface area contributed by atoms with Gasteiger partial charge in [-0.1, -0.05) is 0 Å². The summed E-state index contributed by atoms with van der Waals surface area (Å²) in [6, 6.07) is 1.97. The van der Waals surface area contributed by atoms with Gasteiger partial charge in [0, 0.05) is 6.54 Å². The van der Waals surface area contributed by atoms with Crippen molar-refractivity contribution in [1.29, 1.82) is 0 Å².